The monoisotopic (exact) mass is 385 g/mol. The van der Waals surface area contributed by atoms with Crippen molar-refractivity contribution in [1.82, 2.24) is 20.4 Å². The Morgan fingerprint density at radius 2 is 2.17 bits per heavy atom. The normalized spacial score (nSPS) is 12.4. The third-order valence-corrected chi connectivity index (χ3v) is 6.63. The Labute approximate surface area is 148 Å². The molecule has 0 spiro atoms. The molecule has 0 aliphatic heterocycles. The van der Waals surface area contributed by atoms with E-state index in [0.717, 1.165) is 9.22 Å². The molecule has 2 N–H and O–H groups in total. The van der Waals surface area contributed by atoms with Crippen LogP contribution in [0.15, 0.2) is 30.6 Å². The first kappa shape index (κ1) is 16.4. The number of nitrogens with two attached hydrogens (primary N) is 1. The van der Waals surface area contributed by atoms with Gasteiger partial charge in [0.2, 0.25) is 11.8 Å². The van der Waals surface area contributed by atoms with Crippen LogP contribution < -0.4 is 5.73 Å². The van der Waals surface area contributed by atoms with Gasteiger partial charge < -0.3 is 10.2 Å². The lowest BCUT2D eigenvalue weighted by molar-refractivity contribution is -0.115. The van der Waals surface area contributed by atoms with Gasteiger partial charge in [-0.25, -0.2) is 0 Å². The van der Waals surface area contributed by atoms with Crippen LogP contribution in [0.2, 0.25) is 0 Å². The number of carbonyl (C=O) groups is 1. The molecule has 0 bridgehead atoms. The number of nitrogens with zero attached hydrogens (tertiary/aromatic N) is 4. The summed E-state index contributed by atoms with van der Waals surface area (Å²) in [4.78, 5) is 11.7. The zero-order chi connectivity index (χ0) is 16.2. The molecule has 0 radical (unpaired) electrons. The van der Waals surface area contributed by atoms with Crippen molar-refractivity contribution >= 4 is 52.1 Å². The fourth-order valence-electron chi connectivity index (χ4n) is 1.54. The highest BCUT2D eigenvalue weighted by Gasteiger charge is 2.19. The molecule has 1 amide bonds. The topological polar surface area (TPSA) is 108 Å². The molecular formula is C12H11N5O2S4. The van der Waals surface area contributed by atoms with E-state index in [1.807, 2.05) is 24.4 Å². The van der Waals surface area contributed by atoms with Crippen molar-refractivity contribution < 1.29 is 9.21 Å². The van der Waals surface area contributed by atoms with Crippen LogP contribution in [0.4, 0.5) is 0 Å². The van der Waals surface area contributed by atoms with Crippen molar-refractivity contribution in [3.63, 3.8) is 0 Å². The number of thiophene rings is 1. The van der Waals surface area contributed by atoms with Crippen LogP contribution in [0.5, 0.6) is 0 Å². The van der Waals surface area contributed by atoms with Crippen LogP contribution in [0.25, 0.3) is 10.8 Å². The molecule has 120 valence electrons. The van der Waals surface area contributed by atoms with E-state index in [1.165, 1.54) is 34.9 Å². The van der Waals surface area contributed by atoms with Gasteiger partial charge in [-0.2, -0.15) is 0 Å². The summed E-state index contributed by atoms with van der Waals surface area (Å²) in [6.07, 6.45) is 0. The van der Waals surface area contributed by atoms with Gasteiger partial charge in [-0.05, 0) is 18.4 Å². The van der Waals surface area contributed by atoms with Crippen LogP contribution in [0.3, 0.4) is 0 Å². The van der Waals surface area contributed by atoms with E-state index in [-0.39, 0.29) is 16.9 Å². The predicted octanol–water partition coefficient (Wildman–Crippen LogP) is 3.08. The Kier molecular flexibility index (Phi) is 5.30. The smallest absolute Gasteiger partial charge is 0.257 e. The number of amides is 1. The second-order valence-electron chi connectivity index (χ2n) is 4.27. The molecule has 0 saturated carbocycles. The average molecular weight is 386 g/mol. The summed E-state index contributed by atoms with van der Waals surface area (Å²) in [5.41, 5.74) is 5.11. The summed E-state index contributed by atoms with van der Waals surface area (Å²) in [6, 6.07) is 3.88. The van der Waals surface area contributed by atoms with Crippen molar-refractivity contribution in [2.24, 2.45) is 5.73 Å². The number of aromatic nitrogens is 4. The predicted molar refractivity (Wildman–Crippen MR) is 91.7 cm³/mol. The zero-order valence-corrected chi connectivity index (χ0v) is 15.1. The molecule has 0 aliphatic rings. The minimum absolute atomic E-state index is 0.0434. The summed E-state index contributed by atoms with van der Waals surface area (Å²) in [5.74, 6) is 0.889. The highest BCUT2D eigenvalue weighted by Crippen LogP contribution is 2.38. The fourth-order valence-corrected chi connectivity index (χ4v) is 5.11. The maximum Gasteiger partial charge on any atom is 0.257 e. The van der Waals surface area contributed by atoms with Crippen LogP contribution in [0, 0.1) is 0 Å². The van der Waals surface area contributed by atoms with Crippen LogP contribution in [-0.2, 0) is 4.79 Å². The molecular weight excluding hydrogens is 374 g/mol. The van der Waals surface area contributed by atoms with Crippen molar-refractivity contribution in [3.8, 4) is 10.8 Å². The van der Waals surface area contributed by atoms with Crippen molar-refractivity contribution in [3.05, 3.63) is 23.4 Å². The average Bonchev–Trinajstić information content (AvgIpc) is 3.25. The van der Waals surface area contributed by atoms with Gasteiger partial charge in [0.15, 0.2) is 8.68 Å². The first-order valence-electron chi connectivity index (χ1n) is 6.40. The largest absolute Gasteiger partial charge is 0.419 e. The van der Waals surface area contributed by atoms with Crippen LogP contribution in [-0.4, -0.2) is 32.1 Å². The summed E-state index contributed by atoms with van der Waals surface area (Å²) in [7, 11) is 0. The highest BCUT2D eigenvalue weighted by atomic mass is 32.2. The van der Waals surface area contributed by atoms with E-state index in [1.54, 1.807) is 11.3 Å². The van der Waals surface area contributed by atoms with E-state index < -0.39 is 0 Å². The van der Waals surface area contributed by atoms with E-state index in [9.17, 15) is 4.79 Å². The Bertz CT molecular complexity index is 785. The molecule has 0 fully saturated rings. The quantitative estimate of drug-likeness (QED) is 0.618. The third-order valence-electron chi connectivity index (χ3n) is 2.52. The number of hydrogen-bond donors (Lipinski definition) is 1. The number of thioether (sulfide) groups is 2. The van der Waals surface area contributed by atoms with E-state index in [2.05, 4.69) is 20.4 Å². The van der Waals surface area contributed by atoms with Crippen molar-refractivity contribution in [2.75, 3.05) is 5.75 Å². The molecule has 11 heteroatoms. The minimum Gasteiger partial charge on any atom is -0.419 e. The minimum atomic E-state index is -0.375. The molecule has 3 rings (SSSR count). The lowest BCUT2D eigenvalue weighted by atomic mass is 10.5. The Balaban J connectivity index is 1.63. The van der Waals surface area contributed by atoms with Crippen molar-refractivity contribution in [2.45, 2.75) is 20.9 Å². The molecule has 1 atom stereocenters. The number of rotatable bonds is 7. The van der Waals surface area contributed by atoms with Gasteiger partial charge in [0.25, 0.3) is 5.89 Å². The first-order valence-corrected chi connectivity index (χ1v) is 9.96. The Morgan fingerprint density at radius 1 is 1.35 bits per heavy atom. The third kappa shape index (κ3) is 4.31. The van der Waals surface area contributed by atoms with Gasteiger partial charge in [-0.15, -0.1) is 31.7 Å². The molecule has 0 saturated heterocycles. The second kappa shape index (κ2) is 7.43. The van der Waals surface area contributed by atoms with Gasteiger partial charge in [0, 0.05) is 0 Å². The Morgan fingerprint density at radius 3 is 2.91 bits per heavy atom. The molecule has 0 aliphatic carbocycles. The fraction of sp³-hybridized carbons (Fsp3) is 0.250. The van der Waals surface area contributed by atoms with Gasteiger partial charge in [0.05, 0.1) is 15.9 Å². The first-order chi connectivity index (χ1) is 11.1. The molecule has 3 heterocycles. The van der Waals surface area contributed by atoms with Crippen molar-refractivity contribution in [1.29, 1.82) is 0 Å². The van der Waals surface area contributed by atoms with Gasteiger partial charge >= 0.3 is 0 Å². The highest BCUT2D eigenvalue weighted by molar-refractivity contribution is 8.03. The molecule has 7 nitrogen and oxygen atoms in total. The lowest BCUT2D eigenvalue weighted by Crippen LogP contribution is -2.12. The number of carbonyl (C=O) groups excluding carboxylic acids is 1. The molecule has 0 unspecified atom stereocenters. The number of primary amides is 1. The van der Waals surface area contributed by atoms with Crippen LogP contribution in [0.1, 0.15) is 18.1 Å². The SMILES string of the molecule is C[C@@H](Sc1nnc(SCC(N)=O)s1)c1nnc(-c2cccs2)o1. The maximum atomic E-state index is 10.8. The van der Waals surface area contributed by atoms with E-state index in [4.69, 9.17) is 10.2 Å². The van der Waals surface area contributed by atoms with E-state index >= 15 is 0 Å². The molecule has 3 aromatic heterocycles. The summed E-state index contributed by atoms with van der Waals surface area (Å²) in [5, 5.41) is 18.2. The number of hydrogen-bond acceptors (Lipinski definition) is 10. The summed E-state index contributed by atoms with van der Waals surface area (Å²) >= 11 is 5.73. The standard InChI is InChI=1S/C12H11N5O2S4/c1-6(9-14-15-10(19-9)7-3-2-4-20-7)22-12-17-16-11(23-12)21-5-8(13)18/h2-4,6H,5H2,1H3,(H2,13,18)/t6-/m1/s1. The Hall–Kier alpha value is -1.43. The summed E-state index contributed by atoms with van der Waals surface area (Å²) < 4.78 is 7.19. The molecule has 0 aromatic carbocycles. The maximum absolute atomic E-state index is 10.8. The van der Waals surface area contributed by atoms with E-state index in [0.29, 0.717) is 16.1 Å². The van der Waals surface area contributed by atoms with Gasteiger partial charge in [0.1, 0.15) is 0 Å². The summed E-state index contributed by atoms with van der Waals surface area (Å²) in [6.45, 7) is 1.97. The zero-order valence-electron chi connectivity index (χ0n) is 11.8. The molecule has 23 heavy (non-hydrogen) atoms. The molecule has 3 aromatic rings. The second-order valence-corrected chi connectivity index (χ2v) is 9.01. The van der Waals surface area contributed by atoms with Gasteiger partial charge in [-0.1, -0.05) is 40.9 Å². The lowest BCUT2D eigenvalue weighted by Gasteiger charge is -2.01. The van der Waals surface area contributed by atoms with Gasteiger partial charge in [-0.3, -0.25) is 4.79 Å². The van der Waals surface area contributed by atoms with Crippen LogP contribution >= 0.6 is 46.2 Å².